The van der Waals surface area contributed by atoms with Crippen LogP contribution in [0, 0.1) is 6.92 Å². The van der Waals surface area contributed by atoms with Crippen molar-refractivity contribution in [3.05, 3.63) is 70.6 Å². The van der Waals surface area contributed by atoms with Gasteiger partial charge in [0.1, 0.15) is 0 Å². The Labute approximate surface area is 162 Å². The summed E-state index contributed by atoms with van der Waals surface area (Å²) in [6.45, 7) is 3.56. The zero-order valence-electron chi connectivity index (χ0n) is 14.7. The average molecular weight is 405 g/mol. The van der Waals surface area contributed by atoms with Crippen LogP contribution in [0.5, 0.6) is 0 Å². The zero-order valence-corrected chi connectivity index (χ0v) is 16.3. The fourth-order valence-electron chi connectivity index (χ4n) is 2.62. The molecule has 0 aliphatic heterocycles. The fourth-order valence-corrected chi connectivity index (χ4v) is 4.10. The molecule has 0 fully saturated rings. The highest BCUT2D eigenvalue weighted by Gasteiger charge is 2.23. The van der Waals surface area contributed by atoms with Gasteiger partial charge in [-0.1, -0.05) is 36.7 Å². The molecule has 0 atom stereocenters. The smallest absolute Gasteiger partial charge is 0.266 e. The van der Waals surface area contributed by atoms with E-state index in [0.717, 1.165) is 0 Å². The van der Waals surface area contributed by atoms with Crippen molar-refractivity contribution in [2.45, 2.75) is 25.2 Å². The number of carbonyl (C=O) groups excluding carboxylic acids is 1. The highest BCUT2D eigenvalue weighted by Crippen LogP contribution is 2.20. The second-order valence-electron chi connectivity index (χ2n) is 5.79. The minimum atomic E-state index is -4.02. The average Bonchev–Trinajstić information content (AvgIpc) is 3.03. The van der Waals surface area contributed by atoms with E-state index in [4.69, 9.17) is 11.6 Å². The third-order valence-corrected chi connectivity index (χ3v) is 5.66. The Balaban J connectivity index is 1.91. The molecule has 1 aromatic carbocycles. The number of aryl methyl sites for hydroxylation is 2. The Kier molecular flexibility index (Phi) is 5.29. The summed E-state index contributed by atoms with van der Waals surface area (Å²) >= 11 is 6.12. The normalized spacial score (nSPS) is 11.4. The van der Waals surface area contributed by atoms with Gasteiger partial charge < -0.3 is 0 Å². The second-order valence-corrected chi connectivity index (χ2v) is 7.85. The van der Waals surface area contributed by atoms with Gasteiger partial charge in [-0.25, -0.2) is 22.8 Å². The Bertz CT molecular complexity index is 1110. The summed E-state index contributed by atoms with van der Waals surface area (Å²) in [5, 5.41) is 4.52. The number of hydrogen-bond donors (Lipinski definition) is 1. The molecule has 0 spiro atoms. The summed E-state index contributed by atoms with van der Waals surface area (Å²) in [6, 6.07) is 11.3. The van der Waals surface area contributed by atoms with E-state index < -0.39 is 15.9 Å². The van der Waals surface area contributed by atoms with Crippen LogP contribution >= 0.6 is 11.6 Å². The minimum Gasteiger partial charge on any atom is -0.266 e. The number of nitrogens with zero attached hydrogens (tertiary/aromatic N) is 3. The Hall–Kier alpha value is -2.71. The lowest BCUT2D eigenvalue weighted by molar-refractivity contribution is 0.0976. The number of rotatable bonds is 5. The van der Waals surface area contributed by atoms with Crippen LogP contribution in [0.2, 0.25) is 5.02 Å². The molecule has 0 unspecified atom stereocenters. The number of aromatic nitrogens is 3. The number of halogens is 1. The van der Waals surface area contributed by atoms with Crippen LogP contribution in [0.1, 0.15) is 28.7 Å². The summed E-state index contributed by atoms with van der Waals surface area (Å²) in [6.07, 6.45) is 2.07. The van der Waals surface area contributed by atoms with Crippen LogP contribution in [0.4, 0.5) is 0 Å². The van der Waals surface area contributed by atoms with Crippen LogP contribution < -0.4 is 4.72 Å². The van der Waals surface area contributed by atoms with Crippen LogP contribution in [0.25, 0.3) is 5.82 Å². The van der Waals surface area contributed by atoms with Crippen molar-refractivity contribution < 1.29 is 13.2 Å². The maximum absolute atomic E-state index is 12.6. The first-order chi connectivity index (χ1) is 12.8. The lowest BCUT2D eigenvalue weighted by atomic mass is 10.2. The lowest BCUT2D eigenvalue weighted by Gasteiger charge is -2.09. The van der Waals surface area contributed by atoms with E-state index in [1.165, 1.54) is 16.8 Å². The number of sulfonamides is 1. The molecule has 0 bridgehead atoms. The molecule has 0 aliphatic rings. The van der Waals surface area contributed by atoms with Gasteiger partial charge in [-0.05, 0) is 43.2 Å². The Morgan fingerprint density at radius 2 is 1.96 bits per heavy atom. The van der Waals surface area contributed by atoms with E-state index in [-0.39, 0.29) is 10.6 Å². The molecule has 0 saturated heterocycles. The number of nitrogens with one attached hydrogen (secondary N) is 1. The van der Waals surface area contributed by atoms with Crippen molar-refractivity contribution in [2.24, 2.45) is 0 Å². The molecule has 27 heavy (non-hydrogen) atoms. The molecule has 3 aromatic rings. The SMILES string of the molecule is CCc1ccccc1S(=O)(=O)NC(=O)c1cc(C)n(-c2ncccc2Cl)n1. The molecule has 7 nitrogen and oxygen atoms in total. The third-order valence-electron chi connectivity index (χ3n) is 3.93. The maximum Gasteiger partial charge on any atom is 0.285 e. The molecule has 1 amide bonds. The van der Waals surface area contributed by atoms with Crippen molar-refractivity contribution in [1.82, 2.24) is 19.5 Å². The predicted octanol–water partition coefficient (Wildman–Crippen LogP) is 2.91. The number of pyridine rings is 1. The first-order valence-electron chi connectivity index (χ1n) is 8.16. The van der Waals surface area contributed by atoms with Gasteiger partial charge in [0.25, 0.3) is 15.9 Å². The van der Waals surface area contributed by atoms with Gasteiger partial charge in [-0.2, -0.15) is 5.10 Å². The maximum atomic E-state index is 12.6. The molecule has 1 N–H and O–H groups in total. The van der Waals surface area contributed by atoms with E-state index in [2.05, 4.69) is 14.8 Å². The summed E-state index contributed by atoms with van der Waals surface area (Å²) < 4.78 is 28.7. The molecule has 0 saturated carbocycles. The van der Waals surface area contributed by atoms with Crippen LogP contribution in [0.15, 0.2) is 53.6 Å². The van der Waals surface area contributed by atoms with Crippen molar-refractivity contribution in [2.75, 3.05) is 0 Å². The summed E-state index contributed by atoms with van der Waals surface area (Å²) in [4.78, 5) is 16.7. The molecule has 2 heterocycles. The summed E-state index contributed by atoms with van der Waals surface area (Å²) in [5.74, 6) is -0.468. The third kappa shape index (κ3) is 3.86. The van der Waals surface area contributed by atoms with Gasteiger partial charge in [0.05, 0.1) is 9.92 Å². The summed E-state index contributed by atoms with van der Waals surface area (Å²) in [5.41, 5.74) is 1.17. The topological polar surface area (TPSA) is 94.0 Å². The van der Waals surface area contributed by atoms with Crippen molar-refractivity contribution in [3.8, 4) is 5.82 Å². The largest absolute Gasteiger partial charge is 0.285 e. The first kappa shape index (κ1) is 19.1. The standard InChI is InChI=1S/C18H17ClN4O3S/c1-3-13-7-4-5-9-16(13)27(25,26)22-18(24)15-11-12(2)23(21-15)17-14(19)8-6-10-20-17/h4-11H,3H2,1-2H3,(H,22,24). The molecule has 9 heteroatoms. The first-order valence-corrected chi connectivity index (χ1v) is 10.0. The van der Waals surface area contributed by atoms with E-state index in [0.29, 0.717) is 28.5 Å². The molecule has 0 radical (unpaired) electrons. The van der Waals surface area contributed by atoms with Gasteiger partial charge in [0, 0.05) is 11.9 Å². The van der Waals surface area contributed by atoms with Gasteiger partial charge >= 0.3 is 0 Å². The molecular formula is C18H17ClN4O3S. The highest BCUT2D eigenvalue weighted by molar-refractivity contribution is 7.90. The molecule has 140 valence electrons. The quantitative estimate of drug-likeness (QED) is 0.705. The van der Waals surface area contributed by atoms with Gasteiger partial charge in [-0.15, -0.1) is 0 Å². The number of hydrogen-bond acceptors (Lipinski definition) is 5. The highest BCUT2D eigenvalue weighted by atomic mass is 35.5. The Morgan fingerprint density at radius 3 is 2.67 bits per heavy atom. The lowest BCUT2D eigenvalue weighted by Crippen LogP contribution is -2.31. The van der Waals surface area contributed by atoms with Gasteiger partial charge in [0.2, 0.25) is 0 Å². The zero-order chi connectivity index (χ0) is 19.6. The molecule has 3 rings (SSSR count). The van der Waals surface area contributed by atoms with Crippen LogP contribution in [-0.2, 0) is 16.4 Å². The molecule has 2 aromatic heterocycles. The number of carbonyl (C=O) groups is 1. The minimum absolute atomic E-state index is 0.0493. The van der Waals surface area contributed by atoms with Crippen LogP contribution in [0.3, 0.4) is 0 Å². The monoisotopic (exact) mass is 404 g/mol. The predicted molar refractivity (Wildman–Crippen MR) is 102 cm³/mol. The van der Waals surface area contributed by atoms with E-state index in [1.807, 2.05) is 6.92 Å². The van der Waals surface area contributed by atoms with E-state index in [1.54, 1.807) is 43.5 Å². The Morgan fingerprint density at radius 1 is 1.22 bits per heavy atom. The number of amides is 1. The van der Waals surface area contributed by atoms with E-state index in [9.17, 15) is 13.2 Å². The molecule has 0 aliphatic carbocycles. The van der Waals surface area contributed by atoms with Gasteiger partial charge in [-0.3, -0.25) is 4.79 Å². The number of benzene rings is 1. The van der Waals surface area contributed by atoms with E-state index >= 15 is 0 Å². The van der Waals surface area contributed by atoms with Crippen molar-refractivity contribution in [3.63, 3.8) is 0 Å². The second kappa shape index (κ2) is 7.50. The van der Waals surface area contributed by atoms with Crippen LogP contribution in [-0.4, -0.2) is 29.1 Å². The molecular weight excluding hydrogens is 388 g/mol. The summed E-state index contributed by atoms with van der Waals surface area (Å²) in [7, 11) is -4.02. The van der Waals surface area contributed by atoms with Gasteiger partial charge in [0.15, 0.2) is 11.5 Å². The fraction of sp³-hybridized carbons (Fsp3) is 0.167. The van der Waals surface area contributed by atoms with Crippen molar-refractivity contribution in [1.29, 1.82) is 0 Å². The van der Waals surface area contributed by atoms with Crippen molar-refractivity contribution >= 4 is 27.5 Å².